The zero-order chi connectivity index (χ0) is 9.42. The van der Waals surface area contributed by atoms with Gasteiger partial charge in [0, 0.05) is 0 Å². The average molecular weight is 177 g/mol. The van der Waals surface area contributed by atoms with Crippen LogP contribution in [0.5, 0.6) is 0 Å². The molecule has 2 aromatic rings. The third-order valence-electron chi connectivity index (χ3n) is 1.87. The fourth-order valence-electron chi connectivity index (χ4n) is 1.24. The first-order valence-corrected chi connectivity index (χ1v) is 3.81. The van der Waals surface area contributed by atoms with E-state index in [1.54, 1.807) is 25.1 Å². The van der Waals surface area contributed by atoms with E-state index in [2.05, 4.69) is 4.98 Å². The van der Waals surface area contributed by atoms with Gasteiger partial charge in [0.1, 0.15) is 5.58 Å². The quantitative estimate of drug-likeness (QED) is 0.647. The lowest BCUT2D eigenvalue weighted by Gasteiger charge is -1.96. The lowest BCUT2D eigenvalue weighted by atomic mass is 10.2. The van der Waals surface area contributed by atoms with Crippen molar-refractivity contribution in [3.63, 3.8) is 0 Å². The first-order valence-electron chi connectivity index (χ1n) is 3.81. The Morgan fingerprint density at radius 3 is 2.85 bits per heavy atom. The highest BCUT2D eigenvalue weighted by atomic mass is 16.4. The summed E-state index contributed by atoms with van der Waals surface area (Å²) in [6, 6.07) is 5.14. The van der Waals surface area contributed by atoms with Crippen LogP contribution in [0.25, 0.3) is 11.0 Å². The van der Waals surface area contributed by atoms with Crippen molar-refractivity contribution in [2.24, 2.45) is 0 Å². The van der Waals surface area contributed by atoms with Crippen molar-refractivity contribution in [1.82, 2.24) is 4.98 Å². The first kappa shape index (κ1) is 7.79. The Hall–Kier alpha value is -1.84. The third-order valence-corrected chi connectivity index (χ3v) is 1.87. The molecule has 0 atom stereocenters. The number of benzene rings is 1. The number of rotatable bonds is 0. The van der Waals surface area contributed by atoms with Gasteiger partial charge in [0.2, 0.25) is 0 Å². The van der Waals surface area contributed by atoms with Crippen LogP contribution in [0.2, 0.25) is 0 Å². The predicted molar refractivity (Wildman–Crippen MR) is 47.8 cm³/mol. The standard InChI is InChI=1S/C9H7NO3/c1-5-3-2-4-6-7(5)13-9(12)10-8(6)11/h2-4H,1H3,(H,10,11,12). The maximum Gasteiger partial charge on any atom is 0.419 e. The highest BCUT2D eigenvalue weighted by Gasteiger charge is 2.03. The van der Waals surface area contributed by atoms with Gasteiger partial charge in [-0.05, 0) is 18.6 Å². The molecule has 1 heterocycles. The van der Waals surface area contributed by atoms with Crippen molar-refractivity contribution in [1.29, 1.82) is 0 Å². The molecule has 13 heavy (non-hydrogen) atoms. The summed E-state index contributed by atoms with van der Waals surface area (Å²) in [5.74, 6) is -0.716. The molecular weight excluding hydrogens is 170 g/mol. The molecule has 0 unspecified atom stereocenters. The second-order valence-electron chi connectivity index (χ2n) is 2.80. The van der Waals surface area contributed by atoms with Crippen molar-refractivity contribution in [3.8, 4) is 0 Å². The number of aromatic amines is 1. The summed E-state index contributed by atoms with van der Waals surface area (Å²) in [4.78, 5) is 24.1. The molecule has 0 saturated carbocycles. The van der Waals surface area contributed by atoms with Gasteiger partial charge in [0.15, 0.2) is 0 Å². The molecule has 0 fully saturated rings. The normalized spacial score (nSPS) is 10.5. The van der Waals surface area contributed by atoms with E-state index in [0.29, 0.717) is 11.0 Å². The molecule has 0 radical (unpaired) electrons. The molecule has 0 aliphatic heterocycles. The lowest BCUT2D eigenvalue weighted by Crippen LogP contribution is -2.18. The smallest absolute Gasteiger partial charge is 0.409 e. The second-order valence-corrected chi connectivity index (χ2v) is 2.80. The van der Waals surface area contributed by atoms with E-state index in [9.17, 15) is 9.59 Å². The van der Waals surface area contributed by atoms with Crippen LogP contribution in [-0.4, -0.2) is 4.98 Å². The van der Waals surface area contributed by atoms with Crippen molar-refractivity contribution < 1.29 is 4.42 Å². The van der Waals surface area contributed by atoms with Crippen LogP contribution < -0.4 is 11.3 Å². The Morgan fingerprint density at radius 1 is 1.31 bits per heavy atom. The van der Waals surface area contributed by atoms with Crippen LogP contribution >= 0.6 is 0 Å². The van der Waals surface area contributed by atoms with Gasteiger partial charge in [-0.15, -0.1) is 0 Å². The Kier molecular flexibility index (Phi) is 1.55. The number of para-hydroxylation sites is 1. The molecule has 1 N–H and O–H groups in total. The van der Waals surface area contributed by atoms with E-state index < -0.39 is 11.3 Å². The van der Waals surface area contributed by atoms with E-state index in [-0.39, 0.29) is 0 Å². The number of nitrogens with one attached hydrogen (secondary N) is 1. The summed E-state index contributed by atoms with van der Waals surface area (Å²) in [6.07, 6.45) is 0. The van der Waals surface area contributed by atoms with Crippen LogP contribution in [0.3, 0.4) is 0 Å². The number of H-pyrrole nitrogens is 1. The molecule has 0 bridgehead atoms. The topological polar surface area (TPSA) is 63.1 Å². The van der Waals surface area contributed by atoms with Gasteiger partial charge in [0.05, 0.1) is 5.39 Å². The van der Waals surface area contributed by atoms with E-state index in [4.69, 9.17) is 4.42 Å². The van der Waals surface area contributed by atoms with Gasteiger partial charge < -0.3 is 4.42 Å². The van der Waals surface area contributed by atoms with E-state index >= 15 is 0 Å². The molecule has 66 valence electrons. The Bertz CT molecular complexity index is 565. The van der Waals surface area contributed by atoms with Crippen molar-refractivity contribution in [2.45, 2.75) is 6.92 Å². The van der Waals surface area contributed by atoms with Crippen LogP contribution in [0.1, 0.15) is 5.56 Å². The minimum Gasteiger partial charge on any atom is -0.409 e. The van der Waals surface area contributed by atoms with Gasteiger partial charge in [-0.2, -0.15) is 0 Å². The first-order chi connectivity index (χ1) is 6.18. The summed E-state index contributed by atoms with van der Waals surface area (Å²) in [7, 11) is 0. The van der Waals surface area contributed by atoms with Crippen molar-refractivity contribution >= 4 is 11.0 Å². The Balaban J connectivity index is 3.12. The maximum absolute atomic E-state index is 11.2. The van der Waals surface area contributed by atoms with Crippen LogP contribution in [0.15, 0.2) is 32.2 Å². The van der Waals surface area contributed by atoms with Gasteiger partial charge >= 0.3 is 5.76 Å². The van der Waals surface area contributed by atoms with Crippen molar-refractivity contribution in [2.75, 3.05) is 0 Å². The predicted octanol–water partition coefficient (Wildman–Crippen LogP) is 0.790. The minimum absolute atomic E-state index is 0.358. The summed E-state index contributed by atoms with van der Waals surface area (Å²) >= 11 is 0. The largest absolute Gasteiger partial charge is 0.419 e. The molecule has 2 rings (SSSR count). The molecule has 4 nitrogen and oxygen atoms in total. The molecule has 0 aliphatic carbocycles. The van der Waals surface area contributed by atoms with Gasteiger partial charge in [-0.25, -0.2) is 4.79 Å². The summed E-state index contributed by atoms with van der Waals surface area (Å²) in [5, 5.41) is 0.402. The zero-order valence-corrected chi connectivity index (χ0v) is 6.96. The van der Waals surface area contributed by atoms with Crippen LogP contribution in [0.4, 0.5) is 0 Å². The molecule has 0 saturated heterocycles. The zero-order valence-electron chi connectivity index (χ0n) is 6.96. The summed E-state index contributed by atoms with van der Waals surface area (Å²) in [5.41, 5.74) is 0.729. The monoisotopic (exact) mass is 177 g/mol. The van der Waals surface area contributed by atoms with E-state index in [1.165, 1.54) is 0 Å². The lowest BCUT2D eigenvalue weighted by molar-refractivity contribution is 0.526. The van der Waals surface area contributed by atoms with Gasteiger partial charge in [-0.1, -0.05) is 12.1 Å². The number of fused-ring (bicyclic) bond motifs is 1. The van der Waals surface area contributed by atoms with Crippen LogP contribution in [-0.2, 0) is 0 Å². The average Bonchev–Trinajstić information content (AvgIpc) is 2.07. The van der Waals surface area contributed by atoms with Crippen molar-refractivity contribution in [3.05, 3.63) is 44.7 Å². The van der Waals surface area contributed by atoms with E-state index in [0.717, 1.165) is 5.56 Å². The highest BCUT2D eigenvalue weighted by molar-refractivity contribution is 5.78. The molecule has 0 spiro atoms. The van der Waals surface area contributed by atoms with Gasteiger partial charge in [-0.3, -0.25) is 9.78 Å². The molecule has 1 aromatic carbocycles. The Labute approximate surface area is 72.8 Å². The molecule has 4 heteroatoms. The number of hydrogen-bond acceptors (Lipinski definition) is 3. The van der Waals surface area contributed by atoms with Crippen LogP contribution in [0, 0.1) is 6.92 Å². The molecule has 0 amide bonds. The molecular formula is C9H7NO3. The number of hydrogen-bond donors (Lipinski definition) is 1. The van der Waals surface area contributed by atoms with E-state index in [1.807, 2.05) is 0 Å². The number of aromatic nitrogens is 1. The number of aryl methyl sites for hydroxylation is 1. The summed E-state index contributed by atoms with van der Waals surface area (Å²) < 4.78 is 4.86. The molecule has 0 aliphatic rings. The fourth-order valence-corrected chi connectivity index (χ4v) is 1.24. The second kappa shape index (κ2) is 2.58. The van der Waals surface area contributed by atoms with Gasteiger partial charge in [0.25, 0.3) is 5.56 Å². The Morgan fingerprint density at radius 2 is 2.08 bits per heavy atom. The minimum atomic E-state index is -0.716. The molecule has 1 aromatic heterocycles. The summed E-state index contributed by atoms with van der Waals surface area (Å²) in [6.45, 7) is 1.78. The highest BCUT2D eigenvalue weighted by Crippen LogP contribution is 2.11. The maximum atomic E-state index is 11.2. The third kappa shape index (κ3) is 1.16. The SMILES string of the molecule is Cc1cccc2c(=O)[nH]c(=O)oc12. The fraction of sp³-hybridized carbons (Fsp3) is 0.111.